The summed E-state index contributed by atoms with van der Waals surface area (Å²) in [6, 6.07) is 39.4. The van der Waals surface area contributed by atoms with Gasteiger partial charge < -0.3 is 10.6 Å². The molecule has 4 heteroatoms. The van der Waals surface area contributed by atoms with Crippen molar-refractivity contribution in [3.8, 4) is 0 Å². The summed E-state index contributed by atoms with van der Waals surface area (Å²) in [5.74, 6) is -0.347. The van der Waals surface area contributed by atoms with Crippen LogP contribution in [0.4, 0.5) is 0 Å². The van der Waals surface area contributed by atoms with Gasteiger partial charge in [0.25, 0.3) is 11.8 Å². The molecule has 0 aliphatic carbocycles. The largest absolute Gasteiger partial charge is 0.345 e. The molecule has 2 N–H and O–H groups in total. The van der Waals surface area contributed by atoms with Gasteiger partial charge in [-0.1, -0.05) is 109 Å². The molecule has 0 heterocycles. The number of hydrogen-bond donors (Lipinski definition) is 2. The minimum atomic E-state index is -0.193. The first-order valence-corrected chi connectivity index (χ1v) is 13.6. The summed E-state index contributed by atoms with van der Waals surface area (Å²) in [4.78, 5) is 27.1. The summed E-state index contributed by atoms with van der Waals surface area (Å²) >= 11 is 0. The second kappa shape index (κ2) is 10.7. The predicted molar refractivity (Wildman–Crippen MR) is 164 cm³/mol. The number of nitrogens with one attached hydrogen (secondary N) is 2. The second-order valence-electron chi connectivity index (χ2n) is 10.2. The minimum absolute atomic E-state index is 0.173. The maximum Gasteiger partial charge on any atom is 0.252 e. The Morgan fingerprint density at radius 3 is 1.23 bits per heavy atom. The Kier molecular flexibility index (Phi) is 6.75. The van der Waals surface area contributed by atoms with E-state index in [1.807, 2.05) is 74.5 Å². The van der Waals surface area contributed by atoms with Crippen LogP contribution in [0, 0.1) is 0 Å². The van der Waals surface area contributed by atoms with Gasteiger partial charge in [-0.3, -0.25) is 9.59 Å². The zero-order valence-corrected chi connectivity index (χ0v) is 22.5. The number of benzene rings is 6. The lowest BCUT2D eigenvalue weighted by molar-refractivity contribution is 0.0930. The molecular weight excluding hydrogens is 492 g/mol. The highest BCUT2D eigenvalue weighted by Crippen LogP contribution is 2.28. The number of fused-ring (bicyclic) bond motifs is 3. The maximum absolute atomic E-state index is 13.5. The van der Waals surface area contributed by atoms with Gasteiger partial charge in [-0.2, -0.15) is 0 Å². The van der Waals surface area contributed by atoms with Crippen LogP contribution in [0.2, 0.25) is 0 Å². The van der Waals surface area contributed by atoms with Gasteiger partial charge in [0, 0.05) is 11.1 Å². The van der Waals surface area contributed by atoms with Crippen LogP contribution in [0.25, 0.3) is 32.3 Å². The SMILES string of the molecule is C[C@H](NC(=O)c1ccc(C(=O)N[C@@H](C)c2cccc3ccccc23)c2ccccc12)c1cccc2ccccc12. The molecule has 0 fully saturated rings. The highest BCUT2D eigenvalue weighted by atomic mass is 16.2. The Balaban J connectivity index is 1.28. The Labute approximate surface area is 233 Å². The van der Waals surface area contributed by atoms with Crippen molar-refractivity contribution in [3.05, 3.63) is 144 Å². The van der Waals surface area contributed by atoms with E-state index in [1.54, 1.807) is 12.1 Å². The van der Waals surface area contributed by atoms with E-state index in [1.165, 1.54) is 0 Å². The van der Waals surface area contributed by atoms with Gasteiger partial charge in [-0.15, -0.1) is 0 Å². The van der Waals surface area contributed by atoms with Crippen molar-refractivity contribution in [1.29, 1.82) is 0 Å². The predicted octanol–water partition coefficient (Wildman–Crippen LogP) is 8.13. The average molecular weight is 523 g/mol. The average Bonchev–Trinajstić information content (AvgIpc) is 2.99. The van der Waals surface area contributed by atoms with Crippen LogP contribution >= 0.6 is 0 Å². The Bertz CT molecular complexity index is 1740. The van der Waals surface area contributed by atoms with Crippen LogP contribution in [0.15, 0.2) is 121 Å². The second-order valence-corrected chi connectivity index (χ2v) is 10.2. The van der Waals surface area contributed by atoms with Crippen molar-refractivity contribution in [1.82, 2.24) is 10.6 Å². The van der Waals surface area contributed by atoms with Gasteiger partial charge in [-0.25, -0.2) is 0 Å². The highest BCUT2D eigenvalue weighted by molar-refractivity contribution is 6.14. The minimum Gasteiger partial charge on any atom is -0.345 e. The fourth-order valence-electron chi connectivity index (χ4n) is 5.66. The molecule has 0 aromatic heterocycles. The van der Waals surface area contributed by atoms with Crippen molar-refractivity contribution < 1.29 is 9.59 Å². The van der Waals surface area contributed by atoms with Crippen LogP contribution in [-0.4, -0.2) is 11.8 Å². The molecule has 0 radical (unpaired) electrons. The van der Waals surface area contributed by atoms with Gasteiger partial charge in [0.1, 0.15) is 0 Å². The summed E-state index contributed by atoms with van der Waals surface area (Å²) < 4.78 is 0. The van der Waals surface area contributed by atoms with E-state index in [0.29, 0.717) is 11.1 Å². The maximum atomic E-state index is 13.5. The van der Waals surface area contributed by atoms with Crippen molar-refractivity contribution in [2.75, 3.05) is 0 Å². The lowest BCUT2D eigenvalue weighted by Gasteiger charge is -2.19. The van der Waals surface area contributed by atoms with E-state index in [2.05, 4.69) is 59.2 Å². The van der Waals surface area contributed by atoms with Crippen LogP contribution in [0.3, 0.4) is 0 Å². The Hall–Kier alpha value is -4.96. The van der Waals surface area contributed by atoms with Crippen molar-refractivity contribution in [3.63, 3.8) is 0 Å². The molecule has 40 heavy (non-hydrogen) atoms. The van der Waals surface area contributed by atoms with Gasteiger partial charge in [0.05, 0.1) is 12.1 Å². The molecule has 196 valence electrons. The molecule has 2 atom stereocenters. The number of carbonyl (C=O) groups is 2. The summed E-state index contributed by atoms with van der Waals surface area (Å²) in [7, 11) is 0. The fourth-order valence-corrected chi connectivity index (χ4v) is 5.66. The third kappa shape index (κ3) is 4.69. The molecule has 0 saturated carbocycles. The van der Waals surface area contributed by atoms with Gasteiger partial charge >= 0.3 is 0 Å². The highest BCUT2D eigenvalue weighted by Gasteiger charge is 2.20. The third-order valence-electron chi connectivity index (χ3n) is 7.69. The van der Waals surface area contributed by atoms with E-state index in [0.717, 1.165) is 43.4 Å². The van der Waals surface area contributed by atoms with E-state index in [4.69, 9.17) is 0 Å². The molecule has 0 aliphatic rings. The van der Waals surface area contributed by atoms with Crippen molar-refractivity contribution in [2.45, 2.75) is 25.9 Å². The van der Waals surface area contributed by atoms with Crippen LogP contribution in [0.1, 0.15) is 57.8 Å². The first-order chi connectivity index (χ1) is 19.5. The molecule has 0 spiro atoms. The third-order valence-corrected chi connectivity index (χ3v) is 7.69. The molecule has 2 amide bonds. The quantitative estimate of drug-likeness (QED) is 0.232. The molecule has 0 aliphatic heterocycles. The first kappa shape index (κ1) is 25.3. The lowest BCUT2D eigenvalue weighted by atomic mass is 9.96. The monoisotopic (exact) mass is 522 g/mol. The van der Waals surface area contributed by atoms with E-state index in [9.17, 15) is 9.59 Å². The normalized spacial score (nSPS) is 12.8. The summed E-state index contributed by atoms with van der Waals surface area (Å²) in [5.41, 5.74) is 3.21. The smallest absolute Gasteiger partial charge is 0.252 e. The topological polar surface area (TPSA) is 58.2 Å². The van der Waals surface area contributed by atoms with Crippen LogP contribution in [-0.2, 0) is 0 Å². The Morgan fingerprint density at radius 1 is 0.450 bits per heavy atom. The summed E-state index contributed by atoms with van der Waals surface area (Å²) in [6.07, 6.45) is 0. The number of amides is 2. The van der Waals surface area contributed by atoms with Gasteiger partial charge in [-0.05, 0) is 69.4 Å². The number of rotatable bonds is 6. The summed E-state index contributed by atoms with van der Waals surface area (Å²) in [5, 5.41) is 12.4. The van der Waals surface area contributed by atoms with Crippen LogP contribution in [0.5, 0.6) is 0 Å². The lowest BCUT2D eigenvalue weighted by Crippen LogP contribution is -2.28. The van der Waals surface area contributed by atoms with Crippen molar-refractivity contribution in [2.24, 2.45) is 0 Å². The molecule has 4 nitrogen and oxygen atoms in total. The van der Waals surface area contributed by atoms with Gasteiger partial charge in [0.2, 0.25) is 0 Å². The number of hydrogen-bond acceptors (Lipinski definition) is 2. The molecule has 0 bridgehead atoms. The molecule has 6 aromatic rings. The van der Waals surface area contributed by atoms with Crippen molar-refractivity contribution >= 4 is 44.1 Å². The van der Waals surface area contributed by atoms with Crippen LogP contribution < -0.4 is 10.6 Å². The first-order valence-electron chi connectivity index (χ1n) is 13.6. The fraction of sp³-hybridized carbons (Fsp3) is 0.111. The molecule has 6 rings (SSSR count). The zero-order valence-electron chi connectivity index (χ0n) is 22.5. The molecule has 0 unspecified atom stereocenters. The van der Waals surface area contributed by atoms with E-state index in [-0.39, 0.29) is 23.9 Å². The molecular formula is C36H30N2O2. The molecule has 6 aromatic carbocycles. The standard InChI is InChI=1S/C36H30N2O2/c1-23(27-19-9-13-25-11-3-5-15-29(25)27)37-35(39)33-21-22-34(32-18-8-7-17-31(32)33)36(40)38-24(2)28-20-10-14-26-12-4-6-16-30(26)28/h3-24H,1-2H3,(H,37,39)(H,38,40)/t23-,24-/m0/s1. The van der Waals surface area contributed by atoms with E-state index >= 15 is 0 Å². The Morgan fingerprint density at radius 2 is 0.800 bits per heavy atom. The van der Waals surface area contributed by atoms with Gasteiger partial charge in [0.15, 0.2) is 0 Å². The number of carbonyl (C=O) groups excluding carboxylic acids is 2. The zero-order chi connectivity index (χ0) is 27.6. The summed E-state index contributed by atoms with van der Waals surface area (Å²) in [6.45, 7) is 4.00. The molecule has 0 saturated heterocycles. The van der Waals surface area contributed by atoms with E-state index < -0.39 is 0 Å².